The molecule has 0 unspecified atom stereocenters. The summed E-state index contributed by atoms with van der Waals surface area (Å²) < 4.78 is 49.6. The van der Waals surface area contributed by atoms with Crippen LogP contribution in [0.5, 0.6) is 63.2 Å². The predicted octanol–water partition coefficient (Wildman–Crippen LogP) is 20.8. The zero-order valence-corrected chi connectivity index (χ0v) is 78.6. The lowest BCUT2D eigenvalue weighted by atomic mass is 10.0. The van der Waals surface area contributed by atoms with Crippen LogP contribution in [0.3, 0.4) is 0 Å². The van der Waals surface area contributed by atoms with Crippen molar-refractivity contribution < 1.29 is 141 Å². The lowest BCUT2D eigenvalue weighted by Gasteiger charge is -2.13. The maximum absolute atomic E-state index is 12.9. The average molecular weight is 1990 g/mol. The zero-order chi connectivity index (χ0) is 100. The Morgan fingerprint density at radius 3 is 1.00 bits per heavy atom. The normalized spacial score (nSPS) is 10.2. The van der Waals surface area contributed by atoms with Gasteiger partial charge in [0.2, 0.25) is 5.78 Å². The number of rotatable bonds is 45. The SMILES string of the molecule is COc1ccc(C(=O)c2ccccc2)c(OCCCC(=O)O)c1.COc1ccc(O)c(C(=O)c2cc(OC)ccc2OCCCC(=O)O)c1.Cc1ccc(C(=O)c2ccccc2Cl)c(OCCCC(=O)O)c1.O=C(O)CCCOc1ccc(Br)cc1C(=O)c1ccccc1.O=C(O)CCCOc1ccc(Cl)cc1C(=O)c1ccccc1.O=C(O)CCCOc1ccccc1C(=O)c1ccccc1O. The van der Waals surface area contributed by atoms with Crippen LogP contribution in [0.4, 0.5) is 0 Å². The maximum atomic E-state index is 12.9. The fourth-order valence-corrected chi connectivity index (χ4v) is 13.2. The summed E-state index contributed by atoms with van der Waals surface area (Å²) >= 11 is 15.4. The molecule has 8 N–H and O–H groups in total. The molecule has 12 aromatic rings. The van der Waals surface area contributed by atoms with E-state index in [1.807, 2.05) is 31.2 Å². The molecule has 0 aromatic heterocycles. The molecule has 0 saturated heterocycles. The van der Waals surface area contributed by atoms with Crippen LogP contribution in [-0.4, -0.2) is 172 Å². The molecule has 720 valence electrons. The Morgan fingerprint density at radius 2 is 0.558 bits per heavy atom. The number of carbonyl (C=O) groups excluding carboxylic acids is 6. The minimum atomic E-state index is -0.916. The first-order valence-electron chi connectivity index (χ1n) is 42.9. The van der Waals surface area contributed by atoms with Crippen molar-refractivity contribution in [2.75, 3.05) is 61.0 Å². The number of aryl methyl sites for hydroxylation is 1. The molecule has 0 fully saturated rings. The Labute approximate surface area is 813 Å². The highest BCUT2D eigenvalue weighted by molar-refractivity contribution is 9.10. The van der Waals surface area contributed by atoms with Gasteiger partial charge in [0.25, 0.3) is 0 Å². The first-order valence-corrected chi connectivity index (χ1v) is 44.4. The molecule has 0 aliphatic rings. The number of aliphatic carboxylic acids is 6. The molecular weight excluding hydrogens is 1890 g/mol. The summed E-state index contributed by atoms with van der Waals surface area (Å²) in [6.45, 7) is 3.17. The van der Waals surface area contributed by atoms with Crippen LogP contribution in [0.2, 0.25) is 10.0 Å². The molecule has 138 heavy (non-hydrogen) atoms. The number of carboxylic acid groups (broad SMARTS) is 6. The van der Waals surface area contributed by atoms with Gasteiger partial charge in [-0.25, -0.2) is 0 Å². The fourth-order valence-electron chi connectivity index (χ4n) is 12.4. The average Bonchev–Trinajstić information content (AvgIpc) is 0.820. The second-order valence-corrected chi connectivity index (χ2v) is 31.3. The molecular formula is C106H101BrCl2O29. The van der Waals surface area contributed by atoms with Gasteiger partial charge in [0.15, 0.2) is 28.9 Å². The van der Waals surface area contributed by atoms with Gasteiger partial charge in [0, 0.05) is 76.3 Å². The molecule has 32 heteroatoms. The van der Waals surface area contributed by atoms with Crippen molar-refractivity contribution in [3.63, 3.8) is 0 Å². The number of halogens is 3. The van der Waals surface area contributed by atoms with E-state index in [-0.39, 0.29) is 141 Å². The predicted molar refractivity (Wildman–Crippen MR) is 518 cm³/mol. The molecule has 0 radical (unpaired) electrons. The molecule has 0 heterocycles. The Kier molecular flexibility index (Phi) is 46.3. The zero-order valence-electron chi connectivity index (χ0n) is 75.5. The van der Waals surface area contributed by atoms with Crippen LogP contribution in [0.25, 0.3) is 0 Å². The lowest BCUT2D eigenvalue weighted by molar-refractivity contribution is -0.138. The summed E-state index contributed by atoms with van der Waals surface area (Å²) in [6.07, 6.45) is 2.26. The third-order valence-electron chi connectivity index (χ3n) is 19.3. The van der Waals surface area contributed by atoms with E-state index < -0.39 is 41.6 Å². The number of carbonyl (C=O) groups is 12. The van der Waals surface area contributed by atoms with E-state index in [9.17, 15) is 67.7 Å². The van der Waals surface area contributed by atoms with E-state index in [0.29, 0.717) is 145 Å². The number of hydrogen-bond donors (Lipinski definition) is 8. The molecule has 12 rings (SSSR count). The van der Waals surface area contributed by atoms with Gasteiger partial charge in [-0.1, -0.05) is 173 Å². The van der Waals surface area contributed by atoms with Crippen molar-refractivity contribution >= 4 is 110 Å². The number of methoxy groups -OCH3 is 3. The maximum Gasteiger partial charge on any atom is 0.303 e. The topological polar surface area (TPSA) is 450 Å². The third kappa shape index (κ3) is 37.0. The highest BCUT2D eigenvalue weighted by atomic mass is 79.9. The van der Waals surface area contributed by atoms with Crippen LogP contribution in [0.1, 0.15) is 178 Å². The number of phenols is 2. The Hall–Kier alpha value is -15.7. The quantitative estimate of drug-likeness (QED) is 0.0130. The van der Waals surface area contributed by atoms with E-state index in [2.05, 4.69) is 15.9 Å². The Balaban J connectivity index is 0.000000226. The van der Waals surface area contributed by atoms with Crippen LogP contribution in [-0.2, 0) is 28.8 Å². The number of carboxylic acids is 6. The summed E-state index contributed by atoms with van der Waals surface area (Å²) in [5, 5.41) is 72.5. The van der Waals surface area contributed by atoms with Gasteiger partial charge < -0.3 is 83.5 Å². The third-order valence-corrected chi connectivity index (χ3v) is 20.4. The fraction of sp³-hybridized carbons (Fsp3) is 0.208. The Bertz CT molecular complexity index is 6010. The monoisotopic (exact) mass is 1990 g/mol. The molecule has 0 aliphatic carbocycles. The summed E-state index contributed by atoms with van der Waals surface area (Å²) in [5.41, 5.74) is 5.50. The van der Waals surface area contributed by atoms with Gasteiger partial charge in [-0.2, -0.15) is 0 Å². The van der Waals surface area contributed by atoms with E-state index >= 15 is 0 Å². The molecule has 0 saturated carbocycles. The number of ketones is 6. The first-order chi connectivity index (χ1) is 66.3. The van der Waals surface area contributed by atoms with Gasteiger partial charge in [-0.05, 0) is 184 Å². The largest absolute Gasteiger partial charge is 0.507 e. The minimum absolute atomic E-state index is 0.00951. The van der Waals surface area contributed by atoms with Crippen LogP contribution in [0, 0.1) is 6.92 Å². The van der Waals surface area contributed by atoms with Crippen molar-refractivity contribution in [3.8, 4) is 63.2 Å². The number of aromatic hydroxyl groups is 2. The highest BCUT2D eigenvalue weighted by Gasteiger charge is 2.25. The summed E-state index contributed by atoms with van der Waals surface area (Å²) in [5.74, 6) is -3.23. The lowest BCUT2D eigenvalue weighted by Crippen LogP contribution is -2.08. The van der Waals surface area contributed by atoms with Crippen LogP contribution < -0.4 is 42.6 Å². The van der Waals surface area contributed by atoms with Crippen LogP contribution >= 0.6 is 39.1 Å². The smallest absolute Gasteiger partial charge is 0.303 e. The first kappa shape index (κ1) is 109. The van der Waals surface area contributed by atoms with E-state index in [0.717, 1.165) is 10.0 Å². The molecule has 29 nitrogen and oxygen atoms in total. The number of benzene rings is 12. The number of para-hydroxylation sites is 2. The molecule has 0 aliphatic heterocycles. The van der Waals surface area contributed by atoms with Gasteiger partial charge in [-0.15, -0.1) is 0 Å². The van der Waals surface area contributed by atoms with Crippen molar-refractivity contribution in [3.05, 3.63) is 360 Å². The van der Waals surface area contributed by atoms with Gasteiger partial charge in [-0.3, -0.25) is 57.5 Å². The minimum Gasteiger partial charge on any atom is -0.507 e. The van der Waals surface area contributed by atoms with Gasteiger partial charge in [0.1, 0.15) is 63.2 Å². The molecule has 12 aromatic carbocycles. The van der Waals surface area contributed by atoms with E-state index in [1.54, 1.807) is 224 Å². The van der Waals surface area contributed by atoms with Crippen LogP contribution in [0.15, 0.2) is 277 Å². The highest BCUT2D eigenvalue weighted by Crippen LogP contribution is 2.36. The van der Waals surface area contributed by atoms with E-state index in [1.165, 1.54) is 45.6 Å². The van der Waals surface area contributed by atoms with Crippen molar-refractivity contribution in [1.82, 2.24) is 0 Å². The van der Waals surface area contributed by atoms with Crippen molar-refractivity contribution in [2.24, 2.45) is 0 Å². The summed E-state index contributed by atoms with van der Waals surface area (Å²) in [6, 6.07) is 75.9. The number of phenolic OH excluding ortho intramolecular Hbond substituents is 2. The van der Waals surface area contributed by atoms with Crippen molar-refractivity contribution in [2.45, 2.75) is 84.0 Å². The molecule has 0 bridgehead atoms. The summed E-state index contributed by atoms with van der Waals surface area (Å²) in [7, 11) is 4.46. The number of hydrogen-bond acceptors (Lipinski definition) is 23. The second kappa shape index (κ2) is 58.5. The Morgan fingerprint density at radius 1 is 0.261 bits per heavy atom. The van der Waals surface area contributed by atoms with Gasteiger partial charge in [0.05, 0.1) is 111 Å². The summed E-state index contributed by atoms with van der Waals surface area (Å²) in [4.78, 5) is 139. The molecule has 0 atom stereocenters. The second-order valence-electron chi connectivity index (χ2n) is 29.5. The number of ether oxygens (including phenoxy) is 9. The molecule has 0 amide bonds. The van der Waals surface area contributed by atoms with E-state index in [4.69, 9.17) is 96.5 Å². The molecule has 0 spiro atoms. The van der Waals surface area contributed by atoms with Crippen molar-refractivity contribution in [1.29, 1.82) is 0 Å². The standard InChI is InChI=1S/C19H20O7.C18H17ClO4.C18H18O5.C17H15BrO4.C17H15ClO4.C17H16O5/c1-24-12-5-7-16(20)14(10-12)19(23)15-11-13(25-2)6-8-17(15)26-9-3-4-18(21)22;1-12-8-9-14(16(11-12)23-10-4-7-17(20)21)18(22)13-5-2-3-6-15(13)19;1-22-14-9-10-15(18(21)13-6-3-2-4-7-13)16(12-14)23-11-5-8-17(19)20;2*18-13-8-9-15(22-10-4-7-16(19)20)14(11-13)17(21)12-5-2-1-3-6-12;18-14-8-3-1-6-12(14)17(21)13-7-2-4-9-15(13)22-11-5-10-16(19)20/h5-8,10-11,20H,3-4,9H2,1-2H3,(H,21,22);2-3,5-6,8-9,11H,4,7,10H2,1H3,(H,20,21);2-4,6-7,9-10,12H,5,8,11H2,1H3,(H,19,20);2*1-3,5-6,8-9,11H,4,7,10H2,(H,19,20);1-4,6-9,18H,5,10-11H2,(H,19,20). The van der Waals surface area contributed by atoms with Gasteiger partial charge >= 0.3 is 35.8 Å².